The molecule has 2 aromatic heterocycles. The van der Waals surface area contributed by atoms with Crippen LogP contribution < -0.4 is 0 Å². The molecule has 7 heteroatoms. The van der Waals surface area contributed by atoms with Gasteiger partial charge in [-0.05, 0) is 30.7 Å². The van der Waals surface area contributed by atoms with Crippen LogP contribution in [0.3, 0.4) is 0 Å². The first kappa shape index (κ1) is 16.7. The lowest BCUT2D eigenvalue weighted by atomic mass is 10.2. The molecule has 6 nitrogen and oxygen atoms in total. The third-order valence-electron chi connectivity index (χ3n) is 4.68. The Labute approximate surface area is 155 Å². The van der Waals surface area contributed by atoms with Gasteiger partial charge >= 0.3 is 0 Å². The average Bonchev–Trinajstić information content (AvgIpc) is 3.26. The maximum absolute atomic E-state index is 12.9. The number of nitrogens with zero attached hydrogens (tertiary/aromatic N) is 2. The van der Waals surface area contributed by atoms with Crippen LogP contribution in [0.1, 0.15) is 27.3 Å². The molecule has 0 aliphatic carbocycles. The Morgan fingerprint density at radius 1 is 1.04 bits per heavy atom. The van der Waals surface area contributed by atoms with Crippen LogP contribution in [0.4, 0.5) is 0 Å². The number of rotatable bonds is 2. The fraction of sp³-hybridized carbons (Fsp3) is 0.263. The zero-order valence-corrected chi connectivity index (χ0v) is 14.8. The van der Waals surface area contributed by atoms with E-state index in [-0.39, 0.29) is 11.8 Å². The number of H-pyrrole nitrogens is 1. The van der Waals surface area contributed by atoms with Gasteiger partial charge in [0.1, 0.15) is 12.0 Å². The van der Waals surface area contributed by atoms with E-state index in [0.29, 0.717) is 42.5 Å². The first-order valence-corrected chi connectivity index (χ1v) is 8.89. The predicted octanol–water partition coefficient (Wildman–Crippen LogP) is 3.40. The van der Waals surface area contributed by atoms with E-state index in [1.807, 2.05) is 12.1 Å². The molecule has 3 aromatic rings. The van der Waals surface area contributed by atoms with Crippen LogP contribution in [-0.2, 0) is 0 Å². The van der Waals surface area contributed by atoms with Crippen molar-refractivity contribution < 1.29 is 14.0 Å². The quantitative estimate of drug-likeness (QED) is 0.750. The highest BCUT2D eigenvalue weighted by Crippen LogP contribution is 2.24. The second-order valence-corrected chi connectivity index (χ2v) is 6.74. The number of aromatic amines is 1. The topological polar surface area (TPSA) is 69.6 Å². The van der Waals surface area contributed by atoms with Gasteiger partial charge in [0.2, 0.25) is 0 Å². The number of nitrogens with one attached hydrogen (secondary N) is 1. The Bertz CT molecular complexity index is 948. The molecule has 0 bridgehead atoms. The number of furan rings is 1. The molecule has 1 aliphatic heterocycles. The Morgan fingerprint density at radius 3 is 2.50 bits per heavy atom. The van der Waals surface area contributed by atoms with Crippen molar-refractivity contribution in [1.29, 1.82) is 0 Å². The van der Waals surface area contributed by atoms with Gasteiger partial charge < -0.3 is 19.2 Å². The molecule has 0 saturated carbocycles. The third-order valence-corrected chi connectivity index (χ3v) is 5.01. The molecule has 1 saturated heterocycles. The molecule has 0 unspecified atom stereocenters. The number of hydrogen-bond donors (Lipinski definition) is 1. The van der Waals surface area contributed by atoms with Gasteiger partial charge in [0.15, 0.2) is 0 Å². The van der Waals surface area contributed by atoms with Crippen molar-refractivity contribution in [2.75, 3.05) is 26.2 Å². The Kier molecular flexibility index (Phi) is 4.42. The third kappa shape index (κ3) is 3.08. The monoisotopic (exact) mass is 371 g/mol. The molecule has 2 amide bonds. The van der Waals surface area contributed by atoms with Gasteiger partial charge in [-0.2, -0.15) is 0 Å². The molecule has 134 valence electrons. The van der Waals surface area contributed by atoms with Gasteiger partial charge in [-0.1, -0.05) is 17.7 Å². The first-order valence-electron chi connectivity index (χ1n) is 8.51. The Balaban J connectivity index is 1.48. The lowest BCUT2D eigenvalue weighted by molar-refractivity contribution is 0.0716. The van der Waals surface area contributed by atoms with Crippen molar-refractivity contribution in [2.24, 2.45) is 0 Å². The molecule has 1 aliphatic rings. The average molecular weight is 372 g/mol. The van der Waals surface area contributed by atoms with Crippen molar-refractivity contribution in [3.63, 3.8) is 0 Å². The fourth-order valence-electron chi connectivity index (χ4n) is 3.30. The van der Waals surface area contributed by atoms with Crippen molar-refractivity contribution in [2.45, 2.75) is 6.42 Å². The largest absolute Gasteiger partial charge is 0.472 e. The van der Waals surface area contributed by atoms with E-state index >= 15 is 0 Å². The zero-order chi connectivity index (χ0) is 18.1. The first-order chi connectivity index (χ1) is 12.6. The number of halogens is 1. The number of amides is 2. The summed E-state index contributed by atoms with van der Waals surface area (Å²) >= 11 is 6.19. The SMILES string of the molecule is O=C(c1ccoc1)N1CCCN(C(=O)c2cc3c(Cl)cccc3[nH]2)CC1. The minimum Gasteiger partial charge on any atom is -0.472 e. The van der Waals surface area contributed by atoms with E-state index in [1.54, 1.807) is 28.0 Å². The van der Waals surface area contributed by atoms with Crippen LogP contribution in [-0.4, -0.2) is 52.8 Å². The number of carbonyl (C=O) groups excluding carboxylic acids is 2. The number of fused-ring (bicyclic) bond motifs is 1. The molecule has 0 atom stereocenters. The minimum absolute atomic E-state index is 0.0644. The van der Waals surface area contributed by atoms with Gasteiger partial charge in [-0.25, -0.2) is 0 Å². The van der Waals surface area contributed by atoms with Gasteiger partial charge in [0.25, 0.3) is 11.8 Å². The molecule has 0 spiro atoms. The molecule has 1 fully saturated rings. The molecule has 3 heterocycles. The second kappa shape index (κ2) is 6.88. The normalized spacial score (nSPS) is 15.3. The predicted molar refractivity (Wildman–Crippen MR) is 98.4 cm³/mol. The van der Waals surface area contributed by atoms with E-state index in [1.165, 1.54) is 12.5 Å². The zero-order valence-electron chi connectivity index (χ0n) is 14.1. The van der Waals surface area contributed by atoms with Gasteiger partial charge in [-0.15, -0.1) is 0 Å². The van der Waals surface area contributed by atoms with Crippen molar-refractivity contribution >= 4 is 34.3 Å². The molecule has 4 rings (SSSR count). The lowest BCUT2D eigenvalue weighted by Gasteiger charge is -2.21. The smallest absolute Gasteiger partial charge is 0.270 e. The maximum Gasteiger partial charge on any atom is 0.270 e. The molecule has 26 heavy (non-hydrogen) atoms. The number of aromatic nitrogens is 1. The van der Waals surface area contributed by atoms with Gasteiger partial charge in [-0.3, -0.25) is 9.59 Å². The van der Waals surface area contributed by atoms with Crippen molar-refractivity contribution in [3.05, 3.63) is 59.1 Å². The van der Waals surface area contributed by atoms with E-state index in [2.05, 4.69) is 4.98 Å². The van der Waals surface area contributed by atoms with Gasteiger partial charge in [0.05, 0.1) is 11.8 Å². The number of carbonyl (C=O) groups is 2. The summed E-state index contributed by atoms with van der Waals surface area (Å²) < 4.78 is 4.99. The highest BCUT2D eigenvalue weighted by molar-refractivity contribution is 6.35. The van der Waals surface area contributed by atoms with Crippen LogP contribution in [0, 0.1) is 0 Å². The highest BCUT2D eigenvalue weighted by atomic mass is 35.5. The summed E-state index contributed by atoms with van der Waals surface area (Å²) in [6.07, 6.45) is 3.67. The number of hydrogen-bond acceptors (Lipinski definition) is 3. The van der Waals surface area contributed by atoms with Crippen LogP contribution in [0.15, 0.2) is 47.3 Å². The maximum atomic E-state index is 12.9. The molecular formula is C19H18ClN3O3. The number of benzene rings is 1. The van der Waals surface area contributed by atoms with E-state index < -0.39 is 0 Å². The summed E-state index contributed by atoms with van der Waals surface area (Å²) in [7, 11) is 0. The molecular weight excluding hydrogens is 354 g/mol. The van der Waals surface area contributed by atoms with Gasteiger partial charge in [0, 0.05) is 42.1 Å². The van der Waals surface area contributed by atoms with E-state index in [0.717, 1.165) is 17.3 Å². The minimum atomic E-state index is -0.0742. The molecule has 0 radical (unpaired) electrons. The van der Waals surface area contributed by atoms with Crippen molar-refractivity contribution in [3.8, 4) is 0 Å². The molecule has 1 aromatic carbocycles. The van der Waals surface area contributed by atoms with E-state index in [9.17, 15) is 9.59 Å². The van der Waals surface area contributed by atoms with Crippen molar-refractivity contribution in [1.82, 2.24) is 14.8 Å². The summed E-state index contributed by atoms with van der Waals surface area (Å²) in [5.41, 5.74) is 1.89. The van der Waals surface area contributed by atoms with Crippen LogP contribution in [0.25, 0.3) is 10.9 Å². The summed E-state index contributed by atoms with van der Waals surface area (Å²) in [6.45, 7) is 2.21. The summed E-state index contributed by atoms with van der Waals surface area (Å²) in [6, 6.07) is 8.99. The summed E-state index contributed by atoms with van der Waals surface area (Å²) in [5, 5.41) is 1.45. The summed E-state index contributed by atoms with van der Waals surface area (Å²) in [4.78, 5) is 32.0. The summed E-state index contributed by atoms with van der Waals surface area (Å²) in [5.74, 6) is -0.139. The Hall–Kier alpha value is -2.73. The Morgan fingerprint density at radius 2 is 1.81 bits per heavy atom. The standard InChI is InChI=1S/C19H18ClN3O3/c20-15-3-1-4-16-14(15)11-17(21-16)19(25)23-7-2-6-22(8-9-23)18(24)13-5-10-26-12-13/h1,3-5,10-12,21H,2,6-9H2. The van der Waals surface area contributed by atoms with Crippen LogP contribution >= 0.6 is 11.6 Å². The second-order valence-electron chi connectivity index (χ2n) is 6.33. The molecule has 1 N–H and O–H groups in total. The van der Waals surface area contributed by atoms with Crippen LogP contribution in [0.5, 0.6) is 0 Å². The van der Waals surface area contributed by atoms with Crippen LogP contribution in [0.2, 0.25) is 5.02 Å². The van der Waals surface area contributed by atoms with E-state index in [4.69, 9.17) is 16.0 Å². The fourth-order valence-corrected chi connectivity index (χ4v) is 3.53. The lowest BCUT2D eigenvalue weighted by Crippen LogP contribution is -2.37. The highest BCUT2D eigenvalue weighted by Gasteiger charge is 2.25.